The first-order valence-corrected chi connectivity index (χ1v) is 9.70. The summed E-state index contributed by atoms with van der Waals surface area (Å²) in [5.41, 5.74) is 0.788. The molecule has 1 amide bonds. The molecule has 26 heavy (non-hydrogen) atoms. The van der Waals surface area contributed by atoms with E-state index in [1.165, 1.54) is 11.8 Å². The molecule has 0 saturated carbocycles. The Morgan fingerprint density at radius 2 is 2.04 bits per heavy atom. The first kappa shape index (κ1) is 20.0. The van der Waals surface area contributed by atoms with Crippen LogP contribution in [0.15, 0.2) is 35.7 Å². The molecular formula is C18H24N4O3S. The number of ether oxygens (including phenoxy) is 1. The van der Waals surface area contributed by atoms with E-state index < -0.39 is 5.97 Å². The molecule has 0 aliphatic heterocycles. The fourth-order valence-corrected chi connectivity index (χ4v) is 3.08. The van der Waals surface area contributed by atoms with Crippen molar-refractivity contribution >= 4 is 29.3 Å². The third kappa shape index (κ3) is 5.87. The van der Waals surface area contributed by atoms with Gasteiger partial charge >= 0.3 is 5.97 Å². The summed E-state index contributed by atoms with van der Waals surface area (Å²) in [6.07, 6.45) is 5.04. The topological polar surface area (TPSA) is 86.1 Å². The molecule has 0 spiro atoms. The van der Waals surface area contributed by atoms with Crippen molar-refractivity contribution in [2.24, 2.45) is 0 Å². The molecule has 0 unspecified atom stereocenters. The minimum Gasteiger partial charge on any atom is -0.462 e. The van der Waals surface area contributed by atoms with Crippen molar-refractivity contribution in [1.82, 2.24) is 14.8 Å². The van der Waals surface area contributed by atoms with Crippen LogP contribution in [0.25, 0.3) is 0 Å². The van der Waals surface area contributed by atoms with Gasteiger partial charge in [0.15, 0.2) is 5.16 Å². The molecule has 0 saturated heterocycles. The lowest BCUT2D eigenvalue weighted by Gasteiger charge is -2.10. The Bertz CT molecular complexity index is 733. The maximum Gasteiger partial charge on any atom is 0.340 e. The lowest BCUT2D eigenvalue weighted by molar-refractivity contribution is -0.113. The fourth-order valence-electron chi connectivity index (χ4n) is 2.34. The van der Waals surface area contributed by atoms with Crippen molar-refractivity contribution in [2.75, 3.05) is 17.7 Å². The van der Waals surface area contributed by atoms with E-state index in [2.05, 4.69) is 22.4 Å². The van der Waals surface area contributed by atoms with Gasteiger partial charge in [0.1, 0.15) is 6.33 Å². The van der Waals surface area contributed by atoms with Crippen LogP contribution in [0.5, 0.6) is 0 Å². The molecule has 7 nitrogen and oxygen atoms in total. The Morgan fingerprint density at radius 3 is 2.81 bits per heavy atom. The van der Waals surface area contributed by atoms with E-state index >= 15 is 0 Å². The van der Waals surface area contributed by atoms with Gasteiger partial charge in [-0.1, -0.05) is 43.7 Å². The van der Waals surface area contributed by atoms with E-state index in [1.807, 2.05) is 4.57 Å². The molecule has 8 heteroatoms. The van der Waals surface area contributed by atoms with Crippen LogP contribution in [0.3, 0.4) is 0 Å². The summed E-state index contributed by atoms with van der Waals surface area (Å²) in [5.74, 6) is -0.481. The van der Waals surface area contributed by atoms with Crippen molar-refractivity contribution < 1.29 is 14.3 Å². The predicted molar refractivity (Wildman–Crippen MR) is 101 cm³/mol. The third-order valence-corrected chi connectivity index (χ3v) is 4.59. The Labute approximate surface area is 157 Å². The number of anilines is 1. The number of amides is 1. The van der Waals surface area contributed by atoms with Gasteiger partial charge in [0.05, 0.1) is 23.6 Å². The molecular weight excluding hydrogens is 352 g/mol. The van der Waals surface area contributed by atoms with E-state index in [1.54, 1.807) is 37.5 Å². The summed E-state index contributed by atoms with van der Waals surface area (Å²) in [4.78, 5) is 24.2. The SMILES string of the molecule is CCCCCn1cnnc1SCC(=O)Nc1ccccc1C(=O)OCC. The first-order valence-electron chi connectivity index (χ1n) is 8.72. The quantitative estimate of drug-likeness (QED) is 0.389. The number of nitrogens with one attached hydrogen (secondary N) is 1. The maximum absolute atomic E-state index is 12.3. The molecule has 1 N–H and O–H groups in total. The molecule has 1 heterocycles. The van der Waals surface area contributed by atoms with E-state index in [4.69, 9.17) is 4.74 Å². The molecule has 0 radical (unpaired) electrons. The zero-order valence-corrected chi connectivity index (χ0v) is 15.9. The summed E-state index contributed by atoms with van der Waals surface area (Å²) in [5, 5.41) is 11.5. The third-order valence-electron chi connectivity index (χ3n) is 3.61. The van der Waals surface area contributed by atoms with E-state index in [9.17, 15) is 9.59 Å². The molecule has 0 fully saturated rings. The van der Waals surface area contributed by atoms with Crippen molar-refractivity contribution in [3.05, 3.63) is 36.2 Å². The van der Waals surface area contributed by atoms with Crippen LogP contribution in [0.1, 0.15) is 43.5 Å². The van der Waals surface area contributed by atoms with Crippen LogP contribution in [0, 0.1) is 0 Å². The van der Waals surface area contributed by atoms with Gasteiger partial charge < -0.3 is 14.6 Å². The van der Waals surface area contributed by atoms with Gasteiger partial charge in [-0.15, -0.1) is 10.2 Å². The highest BCUT2D eigenvalue weighted by Gasteiger charge is 2.15. The number of carbonyl (C=O) groups excluding carboxylic acids is 2. The van der Waals surface area contributed by atoms with Gasteiger partial charge in [-0.25, -0.2) is 4.79 Å². The van der Waals surface area contributed by atoms with Crippen LogP contribution in [-0.4, -0.2) is 39.0 Å². The molecule has 140 valence electrons. The molecule has 0 aliphatic carbocycles. The van der Waals surface area contributed by atoms with Crippen LogP contribution < -0.4 is 5.32 Å². The highest BCUT2D eigenvalue weighted by atomic mass is 32.2. The Morgan fingerprint density at radius 1 is 1.23 bits per heavy atom. The number of para-hydroxylation sites is 1. The summed E-state index contributed by atoms with van der Waals surface area (Å²) in [6, 6.07) is 6.80. The number of aryl methyl sites for hydroxylation is 1. The smallest absolute Gasteiger partial charge is 0.340 e. The van der Waals surface area contributed by atoms with Gasteiger partial charge in [-0.3, -0.25) is 4.79 Å². The van der Waals surface area contributed by atoms with Gasteiger partial charge in [-0.2, -0.15) is 0 Å². The number of nitrogens with zero attached hydrogens (tertiary/aromatic N) is 3. The Hall–Kier alpha value is -2.35. The van der Waals surface area contributed by atoms with Crippen molar-refractivity contribution in [3.8, 4) is 0 Å². The summed E-state index contributed by atoms with van der Waals surface area (Å²) in [6.45, 7) is 5.02. The standard InChI is InChI=1S/C18H24N4O3S/c1-3-5-8-11-22-13-19-21-18(22)26-12-16(23)20-15-10-7-6-9-14(15)17(24)25-4-2/h6-7,9-10,13H,3-5,8,11-12H2,1-2H3,(H,20,23). The second kappa shape index (κ2) is 10.6. The van der Waals surface area contributed by atoms with Crippen molar-refractivity contribution in [2.45, 2.75) is 44.8 Å². The van der Waals surface area contributed by atoms with Crippen LogP contribution >= 0.6 is 11.8 Å². The van der Waals surface area contributed by atoms with Crippen LogP contribution in [0.2, 0.25) is 0 Å². The Balaban J connectivity index is 1.92. The van der Waals surface area contributed by atoms with E-state index in [0.29, 0.717) is 11.3 Å². The highest BCUT2D eigenvalue weighted by Crippen LogP contribution is 2.19. The van der Waals surface area contributed by atoms with E-state index in [0.717, 1.165) is 31.0 Å². The van der Waals surface area contributed by atoms with Gasteiger partial charge in [0.25, 0.3) is 0 Å². The second-order valence-electron chi connectivity index (χ2n) is 5.62. The van der Waals surface area contributed by atoms with Crippen LogP contribution in [-0.2, 0) is 16.1 Å². The molecule has 2 rings (SSSR count). The summed E-state index contributed by atoms with van der Waals surface area (Å²) >= 11 is 1.32. The monoisotopic (exact) mass is 376 g/mol. The van der Waals surface area contributed by atoms with Crippen molar-refractivity contribution in [1.29, 1.82) is 0 Å². The van der Waals surface area contributed by atoms with Gasteiger partial charge in [0.2, 0.25) is 5.91 Å². The number of hydrogen-bond donors (Lipinski definition) is 1. The zero-order valence-electron chi connectivity index (χ0n) is 15.1. The second-order valence-corrected chi connectivity index (χ2v) is 6.56. The molecule has 2 aromatic rings. The van der Waals surface area contributed by atoms with E-state index in [-0.39, 0.29) is 18.3 Å². The number of hydrogen-bond acceptors (Lipinski definition) is 6. The molecule has 1 aromatic heterocycles. The summed E-state index contributed by atoms with van der Waals surface area (Å²) in [7, 11) is 0. The number of esters is 1. The number of benzene rings is 1. The largest absolute Gasteiger partial charge is 0.462 e. The molecule has 0 aliphatic rings. The average molecular weight is 376 g/mol. The molecule has 0 bridgehead atoms. The summed E-state index contributed by atoms with van der Waals surface area (Å²) < 4.78 is 6.97. The lowest BCUT2D eigenvalue weighted by Crippen LogP contribution is -2.17. The number of unbranched alkanes of at least 4 members (excludes halogenated alkanes) is 2. The van der Waals surface area contributed by atoms with Crippen LogP contribution in [0.4, 0.5) is 5.69 Å². The number of carbonyl (C=O) groups is 2. The minimum absolute atomic E-state index is 0.184. The number of thioether (sulfide) groups is 1. The highest BCUT2D eigenvalue weighted by molar-refractivity contribution is 7.99. The predicted octanol–water partition coefficient (Wildman–Crippen LogP) is 3.38. The van der Waals surface area contributed by atoms with Crippen molar-refractivity contribution in [3.63, 3.8) is 0 Å². The Kier molecular flexibility index (Phi) is 8.14. The number of aromatic nitrogens is 3. The fraction of sp³-hybridized carbons (Fsp3) is 0.444. The first-order chi connectivity index (χ1) is 12.7. The van der Waals surface area contributed by atoms with Gasteiger partial charge in [-0.05, 0) is 25.5 Å². The molecule has 0 atom stereocenters. The number of rotatable bonds is 10. The lowest BCUT2D eigenvalue weighted by atomic mass is 10.2. The normalized spacial score (nSPS) is 10.5. The maximum atomic E-state index is 12.3. The minimum atomic E-state index is -0.452. The average Bonchev–Trinajstić information content (AvgIpc) is 3.08. The van der Waals surface area contributed by atoms with Gasteiger partial charge in [0, 0.05) is 6.54 Å². The zero-order chi connectivity index (χ0) is 18.8. The molecule has 1 aromatic carbocycles.